The number of ether oxygens (including phenoxy) is 1. The topological polar surface area (TPSA) is 26.3 Å². The molecule has 0 heterocycles. The van der Waals surface area contributed by atoms with Gasteiger partial charge in [0.25, 0.3) is 0 Å². The van der Waals surface area contributed by atoms with Gasteiger partial charge in [0.15, 0.2) is 5.78 Å². The maximum Gasteiger partial charge on any atom is 0.164 e. The number of carbonyl (C=O) groups is 1. The van der Waals surface area contributed by atoms with E-state index in [2.05, 4.69) is 28.1 Å². The lowest BCUT2D eigenvalue weighted by Crippen LogP contribution is -2.02. The van der Waals surface area contributed by atoms with Crippen molar-refractivity contribution in [3.05, 3.63) is 64.1 Å². The highest BCUT2D eigenvalue weighted by molar-refractivity contribution is 9.10. The Morgan fingerprint density at radius 3 is 2.60 bits per heavy atom. The van der Waals surface area contributed by atoms with Crippen molar-refractivity contribution in [3.8, 4) is 5.75 Å². The van der Waals surface area contributed by atoms with Crippen molar-refractivity contribution >= 4 is 21.7 Å². The number of benzene rings is 2. The molecule has 0 spiro atoms. The summed E-state index contributed by atoms with van der Waals surface area (Å²) in [5.74, 6) is 0.853. The van der Waals surface area contributed by atoms with E-state index in [1.165, 1.54) is 5.56 Å². The predicted molar refractivity (Wildman–Crippen MR) is 84.4 cm³/mol. The highest BCUT2D eigenvalue weighted by atomic mass is 79.9. The monoisotopic (exact) mass is 332 g/mol. The summed E-state index contributed by atoms with van der Waals surface area (Å²) in [6.07, 6.45) is 2.32. The number of rotatable bonds is 6. The third-order valence-corrected chi connectivity index (χ3v) is 3.88. The Hall–Kier alpha value is -1.61. The van der Waals surface area contributed by atoms with Crippen molar-refractivity contribution in [2.24, 2.45) is 0 Å². The minimum atomic E-state index is 0.145. The number of hydrogen-bond acceptors (Lipinski definition) is 2. The molecule has 0 atom stereocenters. The fourth-order valence-electron chi connectivity index (χ4n) is 2.08. The number of halogens is 1. The molecule has 0 bridgehead atoms. The molecule has 0 amide bonds. The fraction of sp³-hybridized carbons (Fsp3) is 0.235. The van der Waals surface area contributed by atoms with Crippen LogP contribution in [0.25, 0.3) is 0 Å². The Morgan fingerprint density at radius 2 is 1.90 bits per heavy atom. The highest BCUT2D eigenvalue weighted by Crippen LogP contribution is 2.24. The molecule has 2 aromatic carbocycles. The molecule has 0 saturated carbocycles. The Bertz CT molecular complexity index is 579. The zero-order chi connectivity index (χ0) is 14.4. The third kappa shape index (κ3) is 3.94. The number of ketones is 1. The molecule has 104 valence electrons. The first-order chi connectivity index (χ1) is 9.70. The van der Waals surface area contributed by atoms with Crippen LogP contribution >= 0.6 is 15.9 Å². The standard InChI is InChI=1S/C17H17BrO2/c1-20-14-10-11-16(18)15(12-14)17(19)9-5-8-13-6-3-2-4-7-13/h2-4,6-7,10-12H,5,8-9H2,1H3. The van der Waals surface area contributed by atoms with Crippen LogP contribution in [0.1, 0.15) is 28.8 Å². The van der Waals surface area contributed by atoms with Gasteiger partial charge in [0.2, 0.25) is 0 Å². The molecule has 3 heteroatoms. The minimum Gasteiger partial charge on any atom is -0.497 e. The molecular weight excluding hydrogens is 316 g/mol. The number of methoxy groups -OCH3 is 1. The summed E-state index contributed by atoms with van der Waals surface area (Å²) in [6.45, 7) is 0. The van der Waals surface area contributed by atoms with Crippen molar-refractivity contribution in [3.63, 3.8) is 0 Å². The van der Waals surface area contributed by atoms with E-state index in [0.717, 1.165) is 17.3 Å². The van der Waals surface area contributed by atoms with Crippen LogP contribution in [0.4, 0.5) is 0 Å². The summed E-state index contributed by atoms with van der Waals surface area (Å²) in [4.78, 5) is 12.2. The molecule has 0 aromatic heterocycles. The van der Waals surface area contributed by atoms with Gasteiger partial charge in [-0.25, -0.2) is 0 Å². The average molecular weight is 333 g/mol. The van der Waals surface area contributed by atoms with Crippen LogP contribution in [0.2, 0.25) is 0 Å². The van der Waals surface area contributed by atoms with Crippen LogP contribution in [0.15, 0.2) is 53.0 Å². The Labute approximate surface area is 127 Å². The summed E-state index contributed by atoms with van der Waals surface area (Å²) < 4.78 is 5.98. The first-order valence-electron chi connectivity index (χ1n) is 6.61. The second-order valence-corrected chi connectivity index (χ2v) is 5.46. The van der Waals surface area contributed by atoms with Crippen LogP contribution < -0.4 is 4.74 Å². The van der Waals surface area contributed by atoms with Crippen LogP contribution in [0.5, 0.6) is 5.75 Å². The van der Waals surface area contributed by atoms with Gasteiger partial charge in [0, 0.05) is 16.5 Å². The third-order valence-electron chi connectivity index (χ3n) is 3.19. The second-order valence-electron chi connectivity index (χ2n) is 4.61. The zero-order valence-electron chi connectivity index (χ0n) is 11.4. The van der Waals surface area contributed by atoms with Crippen LogP contribution in [-0.4, -0.2) is 12.9 Å². The number of hydrogen-bond donors (Lipinski definition) is 0. The van der Waals surface area contributed by atoms with Gasteiger partial charge < -0.3 is 4.74 Å². The largest absolute Gasteiger partial charge is 0.497 e. The van der Waals surface area contributed by atoms with Crippen molar-refractivity contribution in [2.75, 3.05) is 7.11 Å². The number of Topliss-reactive ketones (excluding diaryl/α,β-unsaturated/α-hetero) is 1. The summed E-state index contributed by atoms with van der Waals surface area (Å²) in [5, 5.41) is 0. The lowest BCUT2D eigenvalue weighted by atomic mass is 10.0. The Morgan fingerprint density at radius 1 is 1.15 bits per heavy atom. The van der Waals surface area contributed by atoms with E-state index >= 15 is 0 Å². The van der Waals surface area contributed by atoms with Gasteiger partial charge in [-0.15, -0.1) is 0 Å². The van der Waals surface area contributed by atoms with Gasteiger partial charge in [-0.05, 0) is 36.6 Å². The van der Waals surface area contributed by atoms with Gasteiger partial charge in [-0.1, -0.05) is 46.3 Å². The van der Waals surface area contributed by atoms with Gasteiger partial charge in [0.1, 0.15) is 5.75 Å². The molecular formula is C17H17BrO2. The summed E-state index contributed by atoms with van der Waals surface area (Å²) in [6, 6.07) is 15.7. The Balaban J connectivity index is 1.95. The summed E-state index contributed by atoms with van der Waals surface area (Å²) >= 11 is 3.42. The number of carbonyl (C=O) groups excluding carboxylic acids is 1. The maximum absolute atomic E-state index is 12.2. The quantitative estimate of drug-likeness (QED) is 0.719. The molecule has 0 aliphatic carbocycles. The highest BCUT2D eigenvalue weighted by Gasteiger charge is 2.11. The minimum absolute atomic E-state index is 0.145. The van der Waals surface area contributed by atoms with E-state index in [1.54, 1.807) is 13.2 Å². The maximum atomic E-state index is 12.2. The molecule has 20 heavy (non-hydrogen) atoms. The van der Waals surface area contributed by atoms with E-state index in [4.69, 9.17) is 4.74 Å². The molecule has 0 radical (unpaired) electrons. The molecule has 0 unspecified atom stereocenters. The first-order valence-corrected chi connectivity index (χ1v) is 7.40. The SMILES string of the molecule is COc1ccc(Br)c(C(=O)CCCc2ccccc2)c1. The van der Waals surface area contributed by atoms with E-state index in [9.17, 15) is 4.79 Å². The van der Waals surface area contributed by atoms with Crippen LogP contribution in [0, 0.1) is 0 Å². The van der Waals surface area contributed by atoms with E-state index in [1.807, 2.05) is 30.3 Å². The molecule has 2 nitrogen and oxygen atoms in total. The zero-order valence-corrected chi connectivity index (χ0v) is 13.0. The van der Waals surface area contributed by atoms with E-state index in [0.29, 0.717) is 17.7 Å². The smallest absolute Gasteiger partial charge is 0.164 e. The molecule has 0 fully saturated rings. The van der Waals surface area contributed by atoms with Crippen LogP contribution in [0.3, 0.4) is 0 Å². The van der Waals surface area contributed by atoms with Gasteiger partial charge in [0.05, 0.1) is 7.11 Å². The lowest BCUT2D eigenvalue weighted by molar-refractivity contribution is 0.0979. The van der Waals surface area contributed by atoms with Crippen molar-refractivity contribution < 1.29 is 9.53 Å². The van der Waals surface area contributed by atoms with Gasteiger partial charge in [-0.3, -0.25) is 4.79 Å². The fourth-order valence-corrected chi connectivity index (χ4v) is 2.55. The van der Waals surface area contributed by atoms with Crippen molar-refractivity contribution in [1.82, 2.24) is 0 Å². The summed E-state index contributed by atoms with van der Waals surface area (Å²) in [7, 11) is 1.60. The average Bonchev–Trinajstić information content (AvgIpc) is 2.48. The van der Waals surface area contributed by atoms with Gasteiger partial charge in [-0.2, -0.15) is 0 Å². The second kappa shape index (κ2) is 7.25. The number of aryl methyl sites for hydroxylation is 1. The molecule has 0 saturated heterocycles. The van der Waals surface area contributed by atoms with Crippen LogP contribution in [-0.2, 0) is 6.42 Å². The van der Waals surface area contributed by atoms with Crippen molar-refractivity contribution in [1.29, 1.82) is 0 Å². The predicted octanol–water partition coefficient (Wildman–Crippen LogP) is 4.66. The molecule has 0 aliphatic rings. The lowest BCUT2D eigenvalue weighted by Gasteiger charge is -2.07. The first kappa shape index (κ1) is 14.8. The Kier molecular flexibility index (Phi) is 5.36. The van der Waals surface area contributed by atoms with E-state index < -0.39 is 0 Å². The van der Waals surface area contributed by atoms with Crippen molar-refractivity contribution in [2.45, 2.75) is 19.3 Å². The molecule has 2 aromatic rings. The van der Waals surface area contributed by atoms with E-state index in [-0.39, 0.29) is 5.78 Å². The molecule has 0 aliphatic heterocycles. The van der Waals surface area contributed by atoms with Gasteiger partial charge >= 0.3 is 0 Å². The normalized spacial score (nSPS) is 10.3. The molecule has 0 N–H and O–H groups in total. The summed E-state index contributed by atoms with van der Waals surface area (Å²) in [5.41, 5.74) is 1.96. The molecule has 2 rings (SSSR count).